The predicted molar refractivity (Wildman–Crippen MR) is 67.5 cm³/mol. The molecule has 1 fully saturated rings. The number of rotatable bonds is 4. The van der Waals surface area contributed by atoms with Gasteiger partial charge in [-0.2, -0.15) is 0 Å². The summed E-state index contributed by atoms with van der Waals surface area (Å²) in [7, 11) is -4.18. The number of aliphatic carboxylic acids is 1. The number of sulfonamides is 1. The van der Waals surface area contributed by atoms with Crippen molar-refractivity contribution in [3.8, 4) is 0 Å². The Kier molecular flexibility index (Phi) is 4.28. The van der Waals surface area contributed by atoms with E-state index >= 15 is 0 Å². The highest BCUT2D eigenvalue weighted by Crippen LogP contribution is 2.21. The zero-order valence-corrected chi connectivity index (χ0v) is 11.6. The number of hydrogen-bond donors (Lipinski definition) is 2. The summed E-state index contributed by atoms with van der Waals surface area (Å²) in [5, 5.41) is 8.95. The molecule has 20 heavy (non-hydrogen) atoms. The number of benzene rings is 1. The number of nitrogens with one attached hydrogen (secondary N) is 1. The van der Waals surface area contributed by atoms with Crippen LogP contribution in [0.4, 0.5) is 4.39 Å². The van der Waals surface area contributed by atoms with Crippen molar-refractivity contribution in [2.24, 2.45) is 0 Å². The van der Waals surface area contributed by atoms with Crippen LogP contribution >= 0.6 is 11.6 Å². The van der Waals surface area contributed by atoms with Gasteiger partial charge >= 0.3 is 5.97 Å². The van der Waals surface area contributed by atoms with Crippen molar-refractivity contribution in [1.82, 2.24) is 4.72 Å². The third-order valence-corrected chi connectivity index (χ3v) is 4.58. The maximum Gasteiger partial charge on any atom is 0.334 e. The standard InChI is InChI=1S/C11H11ClFNO5S/c12-6-1-2-9(7(13)5-6)20(17,18)14-8-3-4-19-10(8)11(15)16/h1-2,5,8,10,14H,3-4H2,(H,15,16)/t8-,10+/m0/s1. The van der Waals surface area contributed by atoms with Gasteiger partial charge in [-0.3, -0.25) is 0 Å². The second-order valence-corrected chi connectivity index (χ2v) is 6.34. The Labute approximate surface area is 119 Å². The number of ether oxygens (including phenoxy) is 1. The third kappa shape index (κ3) is 3.09. The summed E-state index contributed by atoms with van der Waals surface area (Å²) in [4.78, 5) is 10.3. The van der Waals surface area contributed by atoms with Crippen molar-refractivity contribution in [3.63, 3.8) is 0 Å². The summed E-state index contributed by atoms with van der Waals surface area (Å²) in [6.45, 7) is 0.118. The van der Waals surface area contributed by atoms with Crippen LogP contribution in [0.3, 0.4) is 0 Å². The molecule has 0 unspecified atom stereocenters. The minimum absolute atomic E-state index is 0.0639. The van der Waals surface area contributed by atoms with Gasteiger partial charge in [0.25, 0.3) is 0 Å². The molecule has 1 aliphatic heterocycles. The second kappa shape index (κ2) is 5.65. The molecule has 1 saturated heterocycles. The van der Waals surface area contributed by atoms with Gasteiger partial charge in [-0.05, 0) is 24.6 Å². The lowest BCUT2D eigenvalue weighted by Crippen LogP contribution is -2.44. The van der Waals surface area contributed by atoms with Crippen LogP contribution in [0.25, 0.3) is 0 Å². The molecular formula is C11H11ClFNO5S. The molecule has 1 aromatic carbocycles. The predicted octanol–water partition coefficient (Wildman–Crippen LogP) is 1.000. The van der Waals surface area contributed by atoms with E-state index in [1.807, 2.05) is 0 Å². The highest BCUT2D eigenvalue weighted by atomic mass is 35.5. The smallest absolute Gasteiger partial charge is 0.334 e. The van der Waals surface area contributed by atoms with Gasteiger partial charge in [0.15, 0.2) is 6.10 Å². The molecule has 0 radical (unpaired) electrons. The van der Waals surface area contributed by atoms with Gasteiger partial charge in [-0.1, -0.05) is 11.6 Å². The summed E-state index contributed by atoms with van der Waals surface area (Å²) >= 11 is 5.55. The second-order valence-electron chi connectivity index (χ2n) is 4.22. The van der Waals surface area contributed by atoms with Crippen molar-refractivity contribution in [2.75, 3.05) is 6.61 Å². The lowest BCUT2D eigenvalue weighted by atomic mass is 10.1. The van der Waals surface area contributed by atoms with Crippen molar-refractivity contribution in [2.45, 2.75) is 23.5 Å². The number of carbonyl (C=O) groups is 1. The van der Waals surface area contributed by atoms with Crippen molar-refractivity contribution in [3.05, 3.63) is 29.0 Å². The first-order valence-corrected chi connectivity index (χ1v) is 7.49. The molecule has 0 saturated carbocycles. The third-order valence-electron chi connectivity index (χ3n) is 2.83. The largest absolute Gasteiger partial charge is 0.479 e. The van der Waals surface area contributed by atoms with E-state index in [1.165, 1.54) is 6.07 Å². The van der Waals surface area contributed by atoms with Gasteiger partial charge in [-0.15, -0.1) is 0 Å². The van der Waals surface area contributed by atoms with Gasteiger partial charge in [-0.25, -0.2) is 22.3 Å². The molecule has 2 N–H and O–H groups in total. The molecule has 9 heteroatoms. The van der Waals surface area contributed by atoms with E-state index < -0.39 is 38.9 Å². The van der Waals surface area contributed by atoms with Gasteiger partial charge in [0, 0.05) is 11.6 Å². The zero-order valence-electron chi connectivity index (χ0n) is 10.0. The van der Waals surface area contributed by atoms with Gasteiger partial charge < -0.3 is 9.84 Å². The van der Waals surface area contributed by atoms with Crippen LogP contribution in [-0.2, 0) is 19.6 Å². The molecule has 0 aromatic heterocycles. The molecule has 0 bridgehead atoms. The number of halogens is 2. The summed E-state index contributed by atoms with van der Waals surface area (Å²) < 4.78 is 44.8. The van der Waals surface area contributed by atoms with E-state index in [0.717, 1.165) is 12.1 Å². The van der Waals surface area contributed by atoms with Crippen molar-refractivity contribution < 1.29 is 27.4 Å². The van der Waals surface area contributed by atoms with Gasteiger partial charge in [0.2, 0.25) is 10.0 Å². The molecule has 110 valence electrons. The Bertz CT molecular complexity index is 636. The first-order valence-electron chi connectivity index (χ1n) is 5.63. The highest BCUT2D eigenvalue weighted by Gasteiger charge is 2.37. The molecule has 2 rings (SSSR count). The van der Waals surface area contributed by atoms with Crippen LogP contribution in [-0.4, -0.2) is 38.2 Å². The monoisotopic (exact) mass is 323 g/mol. The van der Waals surface area contributed by atoms with Crippen LogP contribution < -0.4 is 4.72 Å². The van der Waals surface area contributed by atoms with Crippen molar-refractivity contribution >= 4 is 27.6 Å². The highest BCUT2D eigenvalue weighted by molar-refractivity contribution is 7.89. The fourth-order valence-electron chi connectivity index (χ4n) is 1.91. The van der Waals surface area contributed by atoms with E-state index in [9.17, 15) is 17.6 Å². The average molecular weight is 324 g/mol. The fourth-order valence-corrected chi connectivity index (χ4v) is 3.40. The molecule has 1 heterocycles. The Morgan fingerprint density at radius 3 is 2.80 bits per heavy atom. The van der Waals surface area contributed by atoms with Crippen LogP contribution in [0, 0.1) is 5.82 Å². The molecule has 0 aliphatic carbocycles. The molecule has 0 amide bonds. The number of carboxylic acid groups (broad SMARTS) is 1. The minimum Gasteiger partial charge on any atom is -0.479 e. The SMILES string of the molecule is O=C(O)[C@@H]1OCC[C@@H]1NS(=O)(=O)c1ccc(Cl)cc1F. The van der Waals surface area contributed by atoms with Crippen LogP contribution in [0.1, 0.15) is 6.42 Å². The quantitative estimate of drug-likeness (QED) is 0.862. The van der Waals surface area contributed by atoms with Gasteiger partial charge in [0.05, 0.1) is 6.04 Å². The van der Waals surface area contributed by atoms with Crippen LogP contribution in [0.15, 0.2) is 23.1 Å². The van der Waals surface area contributed by atoms with Crippen LogP contribution in [0.5, 0.6) is 0 Å². The number of hydrogen-bond acceptors (Lipinski definition) is 4. The first-order chi connectivity index (χ1) is 9.31. The van der Waals surface area contributed by atoms with Crippen molar-refractivity contribution in [1.29, 1.82) is 0 Å². The summed E-state index contributed by atoms with van der Waals surface area (Å²) in [6, 6.07) is 2.19. The first kappa shape index (κ1) is 15.2. The lowest BCUT2D eigenvalue weighted by molar-refractivity contribution is -0.147. The van der Waals surface area contributed by atoms with E-state index in [-0.39, 0.29) is 18.1 Å². The molecule has 6 nitrogen and oxygen atoms in total. The number of carboxylic acids is 1. The van der Waals surface area contributed by atoms with Crippen LogP contribution in [0.2, 0.25) is 5.02 Å². The molecule has 1 aromatic rings. The average Bonchev–Trinajstić information content (AvgIpc) is 2.75. The summed E-state index contributed by atoms with van der Waals surface area (Å²) in [5.74, 6) is -2.28. The topological polar surface area (TPSA) is 92.7 Å². The molecule has 0 spiro atoms. The fraction of sp³-hybridized carbons (Fsp3) is 0.364. The zero-order chi connectivity index (χ0) is 14.9. The normalized spacial score (nSPS) is 22.9. The molecule has 2 atom stereocenters. The molecular weight excluding hydrogens is 313 g/mol. The summed E-state index contributed by atoms with van der Waals surface area (Å²) in [5.41, 5.74) is 0. The van der Waals surface area contributed by atoms with E-state index in [2.05, 4.69) is 4.72 Å². The van der Waals surface area contributed by atoms with E-state index in [4.69, 9.17) is 21.4 Å². The molecule has 1 aliphatic rings. The van der Waals surface area contributed by atoms with Gasteiger partial charge in [0.1, 0.15) is 10.7 Å². The Morgan fingerprint density at radius 1 is 1.50 bits per heavy atom. The maximum atomic E-state index is 13.6. The van der Waals surface area contributed by atoms with E-state index in [1.54, 1.807) is 0 Å². The lowest BCUT2D eigenvalue weighted by Gasteiger charge is -2.16. The minimum atomic E-state index is -4.18. The Balaban J connectivity index is 2.25. The van der Waals surface area contributed by atoms with E-state index in [0.29, 0.717) is 0 Å². The maximum absolute atomic E-state index is 13.6. The Morgan fingerprint density at radius 2 is 2.20 bits per heavy atom. The Hall–Kier alpha value is -1.22. The summed E-state index contributed by atoms with van der Waals surface area (Å²) in [6.07, 6.45) is -1.08.